The van der Waals surface area contributed by atoms with Crippen molar-refractivity contribution >= 4 is 27.8 Å². The molecule has 1 aromatic heterocycles. The van der Waals surface area contributed by atoms with Crippen LogP contribution in [-0.4, -0.2) is 28.1 Å². The number of carbonyl (C=O) groups excluding carboxylic acids is 1. The first kappa shape index (κ1) is 13.8. The van der Waals surface area contributed by atoms with Crippen molar-refractivity contribution in [1.82, 2.24) is 9.88 Å². The quantitative estimate of drug-likeness (QED) is 0.868. The van der Waals surface area contributed by atoms with Crippen LogP contribution in [0.5, 0.6) is 0 Å². The van der Waals surface area contributed by atoms with E-state index in [1.807, 2.05) is 0 Å². The summed E-state index contributed by atoms with van der Waals surface area (Å²) in [7, 11) is 1.76. The molecular formula is C11H15BrN2O3. The van der Waals surface area contributed by atoms with Crippen molar-refractivity contribution in [3.8, 4) is 0 Å². The lowest BCUT2D eigenvalue weighted by molar-refractivity contribution is -0.141. The molecule has 5 nitrogen and oxygen atoms in total. The molecule has 1 rings (SSSR count). The van der Waals surface area contributed by atoms with E-state index in [1.165, 1.54) is 0 Å². The molecule has 17 heavy (non-hydrogen) atoms. The summed E-state index contributed by atoms with van der Waals surface area (Å²) in [4.78, 5) is 22.6. The second kappa shape index (κ2) is 5.86. The summed E-state index contributed by atoms with van der Waals surface area (Å²) in [6.45, 7) is 1.93. The van der Waals surface area contributed by atoms with Crippen LogP contribution >= 0.6 is 15.9 Å². The Balaban J connectivity index is 2.61. The molecule has 0 aliphatic carbocycles. The molecule has 1 unspecified atom stereocenters. The molecule has 0 spiro atoms. The number of nitrogens with zero attached hydrogens (tertiary/aromatic N) is 1. The van der Waals surface area contributed by atoms with Crippen LogP contribution in [0.4, 0.5) is 0 Å². The molecule has 0 aliphatic rings. The monoisotopic (exact) mass is 302 g/mol. The Labute approximate surface area is 108 Å². The lowest BCUT2D eigenvalue weighted by Gasteiger charge is -2.11. The highest BCUT2D eigenvalue weighted by molar-refractivity contribution is 9.10. The highest BCUT2D eigenvalue weighted by Gasteiger charge is 2.17. The Bertz CT molecular complexity index is 428. The van der Waals surface area contributed by atoms with Gasteiger partial charge in [0.1, 0.15) is 5.69 Å². The van der Waals surface area contributed by atoms with E-state index >= 15 is 0 Å². The molecule has 0 saturated carbocycles. The van der Waals surface area contributed by atoms with E-state index in [-0.39, 0.29) is 12.5 Å². The van der Waals surface area contributed by atoms with Crippen molar-refractivity contribution in [3.63, 3.8) is 0 Å². The highest BCUT2D eigenvalue weighted by atomic mass is 79.9. The number of rotatable bonds is 5. The number of hydrogen-bond donors (Lipinski definition) is 2. The third-order valence-electron chi connectivity index (χ3n) is 2.56. The number of carbonyl (C=O) groups is 2. The fourth-order valence-electron chi connectivity index (χ4n) is 1.46. The van der Waals surface area contributed by atoms with Crippen molar-refractivity contribution in [2.75, 3.05) is 6.54 Å². The maximum absolute atomic E-state index is 11.8. The molecule has 0 saturated heterocycles. The lowest BCUT2D eigenvalue weighted by Crippen LogP contribution is -2.33. The van der Waals surface area contributed by atoms with Gasteiger partial charge in [-0.2, -0.15) is 0 Å². The summed E-state index contributed by atoms with van der Waals surface area (Å²) in [5.74, 6) is -1.69. The molecule has 0 bridgehead atoms. The molecule has 2 N–H and O–H groups in total. The zero-order valence-electron chi connectivity index (χ0n) is 9.74. The molecule has 1 amide bonds. The molecule has 1 heterocycles. The third-order valence-corrected chi connectivity index (χ3v) is 2.99. The predicted octanol–water partition coefficient (Wildman–Crippen LogP) is 1.63. The van der Waals surface area contributed by atoms with Gasteiger partial charge in [0.15, 0.2) is 0 Å². The minimum atomic E-state index is -0.888. The van der Waals surface area contributed by atoms with Crippen molar-refractivity contribution < 1.29 is 14.7 Å². The van der Waals surface area contributed by atoms with Gasteiger partial charge in [-0.1, -0.05) is 6.92 Å². The summed E-state index contributed by atoms with van der Waals surface area (Å²) in [6, 6.07) is 1.69. The van der Waals surface area contributed by atoms with Gasteiger partial charge in [-0.05, 0) is 28.4 Å². The van der Waals surface area contributed by atoms with Crippen LogP contribution in [0.3, 0.4) is 0 Å². The summed E-state index contributed by atoms with van der Waals surface area (Å²) >= 11 is 3.27. The molecule has 1 aromatic rings. The summed E-state index contributed by atoms with van der Waals surface area (Å²) < 4.78 is 2.50. The van der Waals surface area contributed by atoms with Crippen molar-refractivity contribution in [3.05, 3.63) is 22.4 Å². The number of nitrogens with one attached hydrogen (secondary N) is 1. The van der Waals surface area contributed by atoms with Crippen LogP contribution in [0.2, 0.25) is 0 Å². The molecule has 6 heteroatoms. The largest absolute Gasteiger partial charge is 0.481 e. The van der Waals surface area contributed by atoms with E-state index < -0.39 is 11.9 Å². The Morgan fingerprint density at radius 3 is 2.65 bits per heavy atom. The Morgan fingerprint density at radius 1 is 1.59 bits per heavy atom. The average Bonchev–Trinajstić information content (AvgIpc) is 2.58. The summed E-state index contributed by atoms with van der Waals surface area (Å²) in [5.41, 5.74) is 0.497. The Hall–Kier alpha value is -1.30. The van der Waals surface area contributed by atoms with Crippen LogP contribution in [-0.2, 0) is 11.8 Å². The van der Waals surface area contributed by atoms with Gasteiger partial charge in [0.25, 0.3) is 5.91 Å². The smallest absolute Gasteiger partial charge is 0.308 e. The van der Waals surface area contributed by atoms with Crippen LogP contribution in [0.25, 0.3) is 0 Å². The molecule has 0 radical (unpaired) electrons. The molecule has 0 aromatic carbocycles. The van der Waals surface area contributed by atoms with E-state index in [2.05, 4.69) is 21.2 Å². The fraction of sp³-hybridized carbons (Fsp3) is 0.455. The normalized spacial score (nSPS) is 12.2. The first-order valence-electron chi connectivity index (χ1n) is 5.28. The minimum Gasteiger partial charge on any atom is -0.481 e. The molecule has 1 atom stereocenters. The van der Waals surface area contributed by atoms with Crippen LogP contribution < -0.4 is 5.32 Å². The van der Waals surface area contributed by atoms with Gasteiger partial charge in [-0.3, -0.25) is 9.59 Å². The molecule has 94 valence electrons. The summed E-state index contributed by atoms with van der Waals surface area (Å²) in [6.07, 6.45) is 2.26. The Kier molecular flexibility index (Phi) is 4.74. The number of hydrogen-bond acceptors (Lipinski definition) is 2. The number of halogens is 1. The number of carboxylic acids is 1. The van der Waals surface area contributed by atoms with Gasteiger partial charge in [0.05, 0.1) is 5.92 Å². The molecule has 0 aliphatic heterocycles. The number of aliphatic carboxylic acids is 1. The number of aromatic nitrogens is 1. The number of carboxylic acid groups (broad SMARTS) is 1. The lowest BCUT2D eigenvalue weighted by atomic mass is 10.1. The fourth-order valence-corrected chi connectivity index (χ4v) is 1.99. The standard InChI is InChI=1S/C11H15BrN2O3/c1-3-7(11(16)17)5-13-10(15)9-4-8(12)6-14(9)2/h4,6-7H,3,5H2,1-2H3,(H,13,15)(H,16,17). The molecular weight excluding hydrogens is 288 g/mol. The van der Waals surface area contributed by atoms with Crippen molar-refractivity contribution in [2.45, 2.75) is 13.3 Å². The zero-order chi connectivity index (χ0) is 13.0. The first-order valence-corrected chi connectivity index (χ1v) is 6.07. The third kappa shape index (κ3) is 3.59. The molecule has 0 fully saturated rings. The van der Waals surface area contributed by atoms with Gasteiger partial charge in [-0.25, -0.2) is 0 Å². The van der Waals surface area contributed by atoms with Gasteiger partial charge >= 0.3 is 5.97 Å². The predicted molar refractivity (Wildman–Crippen MR) is 66.9 cm³/mol. The Morgan fingerprint density at radius 2 is 2.24 bits per heavy atom. The van der Waals surface area contributed by atoms with E-state index in [0.29, 0.717) is 12.1 Å². The first-order chi connectivity index (χ1) is 7.95. The van der Waals surface area contributed by atoms with E-state index in [1.54, 1.807) is 30.8 Å². The maximum atomic E-state index is 11.8. The van der Waals surface area contributed by atoms with Crippen molar-refractivity contribution in [1.29, 1.82) is 0 Å². The van der Waals surface area contributed by atoms with E-state index in [4.69, 9.17) is 5.11 Å². The van der Waals surface area contributed by atoms with Crippen molar-refractivity contribution in [2.24, 2.45) is 13.0 Å². The topological polar surface area (TPSA) is 71.3 Å². The second-order valence-electron chi connectivity index (χ2n) is 3.81. The number of amides is 1. The average molecular weight is 303 g/mol. The summed E-state index contributed by atoms with van der Waals surface area (Å²) in [5, 5.41) is 11.5. The van der Waals surface area contributed by atoms with Gasteiger partial charge in [0.2, 0.25) is 0 Å². The number of aryl methyl sites for hydroxylation is 1. The maximum Gasteiger partial charge on any atom is 0.308 e. The highest BCUT2D eigenvalue weighted by Crippen LogP contribution is 2.13. The van der Waals surface area contributed by atoms with E-state index in [0.717, 1.165) is 4.47 Å². The van der Waals surface area contributed by atoms with Gasteiger partial charge in [-0.15, -0.1) is 0 Å². The van der Waals surface area contributed by atoms with Crippen LogP contribution in [0, 0.1) is 5.92 Å². The minimum absolute atomic E-state index is 0.146. The second-order valence-corrected chi connectivity index (χ2v) is 4.72. The van der Waals surface area contributed by atoms with E-state index in [9.17, 15) is 9.59 Å². The van der Waals surface area contributed by atoms with Gasteiger partial charge < -0.3 is 15.0 Å². The zero-order valence-corrected chi connectivity index (χ0v) is 11.3. The van der Waals surface area contributed by atoms with Crippen LogP contribution in [0.1, 0.15) is 23.8 Å². The van der Waals surface area contributed by atoms with Gasteiger partial charge in [0, 0.05) is 24.3 Å². The SMILES string of the molecule is CCC(CNC(=O)c1cc(Br)cn1C)C(=O)O. The van der Waals surface area contributed by atoms with Crippen LogP contribution in [0.15, 0.2) is 16.7 Å².